The average molecular weight is 268 g/mol. The van der Waals surface area contributed by atoms with Gasteiger partial charge in [0.05, 0.1) is 5.56 Å². The number of rotatable bonds is 2. The maximum Gasteiger partial charge on any atom is 0.439 e. The normalized spacial score (nSPS) is 11.1. The first kappa shape index (κ1) is 12.2. The van der Waals surface area contributed by atoms with Crippen LogP contribution in [0, 0.1) is 11.3 Å². The van der Waals surface area contributed by atoms with Gasteiger partial charge in [0, 0.05) is 28.7 Å². The molecule has 6 heteroatoms. The summed E-state index contributed by atoms with van der Waals surface area (Å²) in [5.41, 5.74) is 2.29. The summed E-state index contributed by atoms with van der Waals surface area (Å²) in [4.78, 5) is 13.5. The lowest BCUT2D eigenvalue weighted by Crippen LogP contribution is -1.98. The first-order chi connectivity index (χ1) is 9.60. The number of hydrogen-bond acceptors (Lipinski definition) is 4. The standard InChI is InChI=1S/C14H12N4O2/c1-8(2)18-7-10(6-15)11-5-9(3-4-12(11)18)13-16-14(19)20-17-13/h3-5,7-8H,1-2H3,(H,16,17,19). The molecule has 3 rings (SSSR count). The van der Waals surface area contributed by atoms with Gasteiger partial charge in [0.2, 0.25) is 0 Å². The molecule has 0 bridgehead atoms. The molecule has 1 N–H and O–H groups in total. The highest BCUT2D eigenvalue weighted by atomic mass is 16.5. The number of H-pyrrole nitrogens is 1. The van der Waals surface area contributed by atoms with Gasteiger partial charge in [0.15, 0.2) is 5.82 Å². The van der Waals surface area contributed by atoms with E-state index in [0.717, 1.165) is 10.9 Å². The second-order valence-electron chi connectivity index (χ2n) is 4.83. The van der Waals surface area contributed by atoms with Gasteiger partial charge in [-0.3, -0.25) is 9.51 Å². The van der Waals surface area contributed by atoms with E-state index in [9.17, 15) is 10.1 Å². The topological polar surface area (TPSA) is 87.6 Å². The first-order valence-corrected chi connectivity index (χ1v) is 6.21. The van der Waals surface area contributed by atoms with Crippen LogP contribution in [0.1, 0.15) is 25.5 Å². The van der Waals surface area contributed by atoms with Crippen LogP contribution in [0.15, 0.2) is 33.7 Å². The molecule has 0 aliphatic rings. The molecule has 0 radical (unpaired) electrons. The minimum atomic E-state index is -0.597. The Kier molecular flexibility index (Phi) is 2.68. The molecular formula is C14H12N4O2. The Morgan fingerprint density at radius 3 is 2.85 bits per heavy atom. The predicted octanol–water partition coefficient (Wildman–Crippen LogP) is 2.44. The molecule has 0 fully saturated rings. The maximum atomic E-state index is 11.0. The molecule has 6 nitrogen and oxygen atoms in total. The van der Waals surface area contributed by atoms with E-state index in [-0.39, 0.29) is 6.04 Å². The molecule has 2 aromatic heterocycles. The fourth-order valence-corrected chi connectivity index (χ4v) is 2.27. The number of hydrogen-bond donors (Lipinski definition) is 1. The van der Waals surface area contributed by atoms with Gasteiger partial charge in [0.25, 0.3) is 0 Å². The van der Waals surface area contributed by atoms with Gasteiger partial charge in [-0.1, -0.05) is 5.16 Å². The highest BCUT2D eigenvalue weighted by molar-refractivity contribution is 5.89. The number of aromatic amines is 1. The van der Waals surface area contributed by atoms with Gasteiger partial charge < -0.3 is 4.57 Å². The molecular weight excluding hydrogens is 256 g/mol. The highest BCUT2D eigenvalue weighted by Gasteiger charge is 2.13. The fraction of sp³-hybridized carbons (Fsp3) is 0.214. The van der Waals surface area contributed by atoms with Crippen molar-refractivity contribution in [3.05, 3.63) is 40.5 Å². The van der Waals surface area contributed by atoms with E-state index in [0.29, 0.717) is 17.0 Å². The summed E-state index contributed by atoms with van der Waals surface area (Å²) in [6.45, 7) is 4.12. The monoisotopic (exact) mass is 268 g/mol. The van der Waals surface area contributed by atoms with Gasteiger partial charge >= 0.3 is 5.76 Å². The fourth-order valence-electron chi connectivity index (χ4n) is 2.27. The molecule has 0 aliphatic carbocycles. The summed E-state index contributed by atoms with van der Waals surface area (Å²) in [6, 6.07) is 8.05. The summed E-state index contributed by atoms with van der Waals surface area (Å²) in [5.74, 6) is -0.238. The zero-order valence-electron chi connectivity index (χ0n) is 11.0. The van der Waals surface area contributed by atoms with Crippen LogP contribution >= 0.6 is 0 Å². The minimum Gasteiger partial charge on any atom is -0.344 e. The van der Waals surface area contributed by atoms with Gasteiger partial charge in [0.1, 0.15) is 6.07 Å². The Morgan fingerprint density at radius 2 is 2.25 bits per heavy atom. The lowest BCUT2D eigenvalue weighted by molar-refractivity contribution is 0.388. The predicted molar refractivity (Wildman–Crippen MR) is 73.2 cm³/mol. The molecule has 3 aromatic rings. The summed E-state index contributed by atoms with van der Waals surface area (Å²) < 4.78 is 6.54. The minimum absolute atomic E-state index is 0.261. The Bertz CT molecular complexity index is 877. The number of fused-ring (bicyclic) bond motifs is 1. The van der Waals surface area contributed by atoms with Crippen LogP contribution in [0.5, 0.6) is 0 Å². The SMILES string of the molecule is CC(C)n1cc(C#N)c2cc(-c3noc(=O)[nH]3)ccc21. The van der Waals surface area contributed by atoms with Crippen LogP contribution in [0.2, 0.25) is 0 Å². The Labute approximate surface area is 114 Å². The summed E-state index contributed by atoms with van der Waals surface area (Å²) in [5, 5.41) is 13.7. The molecule has 2 heterocycles. The summed E-state index contributed by atoms with van der Waals surface area (Å²) in [7, 11) is 0. The van der Waals surface area contributed by atoms with Crippen molar-refractivity contribution in [1.82, 2.24) is 14.7 Å². The van der Waals surface area contributed by atoms with Crippen molar-refractivity contribution in [2.45, 2.75) is 19.9 Å². The molecule has 0 atom stereocenters. The number of benzene rings is 1. The largest absolute Gasteiger partial charge is 0.439 e. The molecule has 0 spiro atoms. The van der Waals surface area contributed by atoms with Crippen molar-refractivity contribution in [3.8, 4) is 17.5 Å². The van der Waals surface area contributed by atoms with Crippen molar-refractivity contribution in [2.75, 3.05) is 0 Å². The second-order valence-corrected chi connectivity index (χ2v) is 4.83. The van der Waals surface area contributed by atoms with Crippen molar-refractivity contribution < 1.29 is 4.52 Å². The van der Waals surface area contributed by atoms with Crippen LogP contribution in [0.3, 0.4) is 0 Å². The van der Waals surface area contributed by atoms with E-state index in [1.165, 1.54) is 0 Å². The Balaban J connectivity index is 2.26. The number of aromatic nitrogens is 3. The van der Waals surface area contributed by atoms with Gasteiger partial charge in [-0.05, 0) is 32.0 Å². The van der Waals surface area contributed by atoms with E-state index < -0.39 is 5.76 Å². The maximum absolute atomic E-state index is 11.0. The third-order valence-electron chi connectivity index (χ3n) is 3.22. The Morgan fingerprint density at radius 1 is 1.45 bits per heavy atom. The zero-order chi connectivity index (χ0) is 14.3. The van der Waals surface area contributed by atoms with E-state index in [2.05, 4.69) is 34.6 Å². The van der Waals surface area contributed by atoms with Crippen LogP contribution in [0.25, 0.3) is 22.3 Å². The number of nitriles is 1. The van der Waals surface area contributed by atoms with E-state index in [1.807, 2.05) is 29.0 Å². The van der Waals surface area contributed by atoms with E-state index in [1.54, 1.807) is 0 Å². The molecule has 0 saturated carbocycles. The Hall–Kier alpha value is -2.81. The van der Waals surface area contributed by atoms with Crippen molar-refractivity contribution >= 4 is 10.9 Å². The summed E-state index contributed by atoms with van der Waals surface area (Å²) >= 11 is 0. The van der Waals surface area contributed by atoms with Crippen LogP contribution in [-0.4, -0.2) is 14.7 Å². The van der Waals surface area contributed by atoms with Crippen molar-refractivity contribution in [3.63, 3.8) is 0 Å². The zero-order valence-corrected chi connectivity index (χ0v) is 11.0. The van der Waals surface area contributed by atoms with Gasteiger partial charge in [-0.15, -0.1) is 0 Å². The van der Waals surface area contributed by atoms with Crippen LogP contribution in [0.4, 0.5) is 0 Å². The third kappa shape index (κ3) is 1.80. The van der Waals surface area contributed by atoms with Crippen LogP contribution in [-0.2, 0) is 0 Å². The van der Waals surface area contributed by atoms with E-state index in [4.69, 9.17) is 0 Å². The first-order valence-electron chi connectivity index (χ1n) is 6.21. The van der Waals surface area contributed by atoms with Gasteiger partial charge in [-0.2, -0.15) is 5.26 Å². The van der Waals surface area contributed by atoms with Crippen LogP contribution < -0.4 is 5.76 Å². The quantitative estimate of drug-likeness (QED) is 0.773. The third-order valence-corrected chi connectivity index (χ3v) is 3.22. The number of nitrogens with one attached hydrogen (secondary N) is 1. The highest BCUT2D eigenvalue weighted by Crippen LogP contribution is 2.28. The lowest BCUT2D eigenvalue weighted by Gasteiger charge is -2.08. The molecule has 1 aromatic carbocycles. The van der Waals surface area contributed by atoms with Crippen molar-refractivity contribution in [1.29, 1.82) is 5.26 Å². The lowest BCUT2D eigenvalue weighted by atomic mass is 10.1. The molecule has 100 valence electrons. The van der Waals surface area contributed by atoms with Crippen molar-refractivity contribution in [2.24, 2.45) is 0 Å². The molecule has 0 unspecified atom stereocenters. The number of nitrogens with zero attached hydrogens (tertiary/aromatic N) is 3. The van der Waals surface area contributed by atoms with Gasteiger partial charge in [-0.25, -0.2) is 4.79 Å². The molecule has 0 saturated heterocycles. The van der Waals surface area contributed by atoms with E-state index >= 15 is 0 Å². The average Bonchev–Trinajstić information content (AvgIpc) is 3.01. The summed E-state index contributed by atoms with van der Waals surface area (Å²) in [6.07, 6.45) is 1.84. The molecule has 0 amide bonds. The molecule has 0 aliphatic heterocycles. The smallest absolute Gasteiger partial charge is 0.344 e. The molecule has 20 heavy (non-hydrogen) atoms. The second kappa shape index (κ2) is 4.38.